The molecule has 1 atom stereocenters. The maximum atomic E-state index is 12.1. The van der Waals surface area contributed by atoms with E-state index in [0.717, 1.165) is 0 Å². The van der Waals surface area contributed by atoms with E-state index in [1.807, 2.05) is 0 Å². The number of carboxylic acid groups (broad SMARTS) is 1. The number of likely N-dealkylation sites (tertiary alicyclic amines) is 1. The van der Waals surface area contributed by atoms with Gasteiger partial charge in [-0.3, -0.25) is 14.4 Å². The van der Waals surface area contributed by atoms with Gasteiger partial charge in [0.25, 0.3) is 5.91 Å². The van der Waals surface area contributed by atoms with Crippen molar-refractivity contribution >= 4 is 17.8 Å². The zero-order valence-electron chi connectivity index (χ0n) is 10.2. The number of carboxylic acids is 1. The van der Waals surface area contributed by atoms with E-state index in [-0.39, 0.29) is 12.5 Å². The van der Waals surface area contributed by atoms with Crippen LogP contribution in [0.25, 0.3) is 0 Å². The zero-order valence-corrected chi connectivity index (χ0v) is 10.2. The van der Waals surface area contributed by atoms with Crippen molar-refractivity contribution in [3.05, 3.63) is 35.4 Å². The minimum atomic E-state index is -0.876. The molecule has 1 saturated heterocycles. The molecule has 6 heteroatoms. The summed E-state index contributed by atoms with van der Waals surface area (Å²) in [6.45, 7) is 0.666. The SMILES string of the molecule is NC(=O)c1ccc(C(=O)N2CCC(C(=O)O)C2)cc1. The molecule has 1 fully saturated rings. The molecule has 1 unspecified atom stereocenters. The molecule has 19 heavy (non-hydrogen) atoms. The molecule has 2 amide bonds. The van der Waals surface area contributed by atoms with Crippen LogP contribution in [-0.4, -0.2) is 40.9 Å². The van der Waals surface area contributed by atoms with Gasteiger partial charge >= 0.3 is 5.97 Å². The summed E-state index contributed by atoms with van der Waals surface area (Å²) in [6, 6.07) is 6.02. The quantitative estimate of drug-likeness (QED) is 0.819. The van der Waals surface area contributed by atoms with Gasteiger partial charge in [0, 0.05) is 24.2 Å². The smallest absolute Gasteiger partial charge is 0.308 e. The summed E-state index contributed by atoms with van der Waals surface area (Å²) in [7, 11) is 0. The number of primary amides is 1. The number of nitrogens with zero attached hydrogens (tertiary/aromatic N) is 1. The number of nitrogens with two attached hydrogens (primary N) is 1. The predicted octanol–water partition coefficient (Wildman–Crippen LogP) is 0.332. The average molecular weight is 262 g/mol. The van der Waals surface area contributed by atoms with Gasteiger partial charge in [-0.1, -0.05) is 0 Å². The van der Waals surface area contributed by atoms with Crippen LogP contribution in [0.2, 0.25) is 0 Å². The normalized spacial score (nSPS) is 18.3. The van der Waals surface area contributed by atoms with Crippen LogP contribution in [0.3, 0.4) is 0 Å². The van der Waals surface area contributed by atoms with Gasteiger partial charge in [-0.05, 0) is 30.7 Å². The molecule has 0 aliphatic carbocycles. The Bertz CT molecular complexity index is 524. The molecular weight excluding hydrogens is 248 g/mol. The molecule has 0 spiro atoms. The van der Waals surface area contributed by atoms with Crippen LogP contribution in [0.1, 0.15) is 27.1 Å². The summed E-state index contributed by atoms with van der Waals surface area (Å²) in [5, 5.41) is 8.89. The highest BCUT2D eigenvalue weighted by Crippen LogP contribution is 2.19. The number of aliphatic carboxylic acids is 1. The summed E-state index contributed by atoms with van der Waals surface area (Å²) in [5.41, 5.74) is 5.88. The zero-order chi connectivity index (χ0) is 14.0. The topological polar surface area (TPSA) is 101 Å². The molecule has 1 aromatic carbocycles. The highest BCUT2D eigenvalue weighted by atomic mass is 16.4. The van der Waals surface area contributed by atoms with E-state index >= 15 is 0 Å². The summed E-state index contributed by atoms with van der Waals surface area (Å²) < 4.78 is 0. The molecule has 2 rings (SSSR count). The minimum absolute atomic E-state index is 0.222. The van der Waals surface area contributed by atoms with Gasteiger partial charge in [0.15, 0.2) is 0 Å². The first-order chi connectivity index (χ1) is 8.99. The summed E-state index contributed by atoms with van der Waals surface area (Å²) >= 11 is 0. The van der Waals surface area contributed by atoms with Crippen LogP contribution in [0.5, 0.6) is 0 Å². The third-order valence-electron chi connectivity index (χ3n) is 3.24. The Morgan fingerprint density at radius 2 is 1.74 bits per heavy atom. The van der Waals surface area contributed by atoms with Crippen molar-refractivity contribution in [2.75, 3.05) is 13.1 Å². The van der Waals surface area contributed by atoms with Gasteiger partial charge in [-0.25, -0.2) is 0 Å². The fraction of sp³-hybridized carbons (Fsp3) is 0.308. The van der Waals surface area contributed by atoms with E-state index in [1.165, 1.54) is 29.2 Å². The van der Waals surface area contributed by atoms with Crippen LogP contribution < -0.4 is 5.73 Å². The number of carbonyl (C=O) groups excluding carboxylic acids is 2. The summed E-state index contributed by atoms with van der Waals surface area (Å²) in [5.74, 6) is -2.14. The van der Waals surface area contributed by atoms with Gasteiger partial charge in [-0.2, -0.15) is 0 Å². The van der Waals surface area contributed by atoms with Crippen LogP contribution in [0, 0.1) is 5.92 Å². The molecule has 1 heterocycles. The Morgan fingerprint density at radius 1 is 1.16 bits per heavy atom. The average Bonchev–Trinajstić information content (AvgIpc) is 2.87. The highest BCUT2D eigenvalue weighted by molar-refractivity contribution is 5.97. The van der Waals surface area contributed by atoms with Crippen molar-refractivity contribution in [3.8, 4) is 0 Å². The second-order valence-electron chi connectivity index (χ2n) is 4.52. The Labute approximate surface area is 109 Å². The number of hydrogen-bond acceptors (Lipinski definition) is 3. The molecule has 100 valence electrons. The lowest BCUT2D eigenvalue weighted by Crippen LogP contribution is -2.30. The fourth-order valence-corrected chi connectivity index (χ4v) is 2.11. The van der Waals surface area contributed by atoms with Crippen LogP contribution >= 0.6 is 0 Å². The van der Waals surface area contributed by atoms with Crippen LogP contribution in [0.15, 0.2) is 24.3 Å². The molecule has 0 aromatic heterocycles. The molecule has 0 bridgehead atoms. The molecule has 1 aliphatic heterocycles. The number of benzene rings is 1. The van der Waals surface area contributed by atoms with Crippen molar-refractivity contribution in [2.24, 2.45) is 11.7 Å². The standard InChI is InChI=1S/C13H14N2O4/c14-11(16)8-1-3-9(4-2-8)12(17)15-6-5-10(7-15)13(18)19/h1-4,10H,5-7H2,(H2,14,16)(H,18,19). The third-order valence-corrected chi connectivity index (χ3v) is 3.24. The first-order valence-electron chi connectivity index (χ1n) is 5.91. The van der Waals surface area contributed by atoms with E-state index in [0.29, 0.717) is 24.1 Å². The molecule has 1 aliphatic rings. The van der Waals surface area contributed by atoms with Gasteiger partial charge in [-0.15, -0.1) is 0 Å². The van der Waals surface area contributed by atoms with Crippen molar-refractivity contribution in [2.45, 2.75) is 6.42 Å². The van der Waals surface area contributed by atoms with E-state index in [1.54, 1.807) is 0 Å². The Kier molecular flexibility index (Phi) is 3.50. The molecule has 6 nitrogen and oxygen atoms in total. The van der Waals surface area contributed by atoms with Crippen molar-refractivity contribution < 1.29 is 19.5 Å². The number of amides is 2. The Hall–Kier alpha value is -2.37. The number of carbonyl (C=O) groups is 3. The van der Waals surface area contributed by atoms with Crippen LogP contribution in [-0.2, 0) is 4.79 Å². The maximum absolute atomic E-state index is 12.1. The lowest BCUT2D eigenvalue weighted by molar-refractivity contribution is -0.141. The van der Waals surface area contributed by atoms with Crippen molar-refractivity contribution in [1.82, 2.24) is 4.90 Å². The fourth-order valence-electron chi connectivity index (χ4n) is 2.11. The van der Waals surface area contributed by atoms with Crippen LogP contribution in [0.4, 0.5) is 0 Å². The summed E-state index contributed by atoms with van der Waals surface area (Å²) in [4.78, 5) is 35.4. The van der Waals surface area contributed by atoms with Gasteiger partial charge in [0.1, 0.15) is 0 Å². The lowest BCUT2D eigenvalue weighted by atomic mass is 10.1. The van der Waals surface area contributed by atoms with Gasteiger partial charge in [0.2, 0.25) is 5.91 Å². The predicted molar refractivity (Wildman–Crippen MR) is 66.6 cm³/mol. The second-order valence-corrected chi connectivity index (χ2v) is 4.52. The maximum Gasteiger partial charge on any atom is 0.308 e. The minimum Gasteiger partial charge on any atom is -0.481 e. The van der Waals surface area contributed by atoms with E-state index in [4.69, 9.17) is 10.8 Å². The highest BCUT2D eigenvalue weighted by Gasteiger charge is 2.31. The van der Waals surface area contributed by atoms with E-state index in [9.17, 15) is 14.4 Å². The molecule has 1 aromatic rings. The van der Waals surface area contributed by atoms with E-state index in [2.05, 4.69) is 0 Å². The Balaban J connectivity index is 2.08. The first-order valence-corrected chi connectivity index (χ1v) is 5.91. The number of hydrogen-bond donors (Lipinski definition) is 2. The molecular formula is C13H14N2O4. The molecule has 3 N–H and O–H groups in total. The lowest BCUT2D eigenvalue weighted by Gasteiger charge is -2.15. The second kappa shape index (κ2) is 5.09. The van der Waals surface area contributed by atoms with Gasteiger partial charge in [0.05, 0.1) is 5.92 Å². The first kappa shape index (κ1) is 13.1. The molecule has 0 radical (unpaired) electrons. The third kappa shape index (κ3) is 2.73. The van der Waals surface area contributed by atoms with Crippen molar-refractivity contribution in [1.29, 1.82) is 0 Å². The number of rotatable bonds is 3. The molecule has 0 saturated carbocycles. The van der Waals surface area contributed by atoms with Crippen molar-refractivity contribution in [3.63, 3.8) is 0 Å². The van der Waals surface area contributed by atoms with Gasteiger partial charge < -0.3 is 15.7 Å². The largest absolute Gasteiger partial charge is 0.481 e. The monoisotopic (exact) mass is 262 g/mol. The Morgan fingerprint density at radius 3 is 2.21 bits per heavy atom. The van der Waals surface area contributed by atoms with E-state index < -0.39 is 17.8 Å². The summed E-state index contributed by atoms with van der Waals surface area (Å²) in [6.07, 6.45) is 0.473.